The van der Waals surface area contributed by atoms with Crippen LogP contribution in [0.2, 0.25) is 0 Å². The molecule has 1 saturated heterocycles. The fraction of sp³-hybridized carbons (Fsp3) is 0.227. The van der Waals surface area contributed by atoms with E-state index in [1.165, 1.54) is 11.9 Å². The van der Waals surface area contributed by atoms with Gasteiger partial charge in [-0.3, -0.25) is 19.3 Å². The Morgan fingerprint density at radius 3 is 2.47 bits per heavy atom. The molecule has 0 saturated carbocycles. The van der Waals surface area contributed by atoms with Crippen LogP contribution in [0, 0.1) is 0 Å². The highest BCUT2D eigenvalue weighted by Gasteiger charge is 2.23. The van der Waals surface area contributed by atoms with Crippen molar-refractivity contribution in [1.82, 2.24) is 24.8 Å². The molecule has 4 rings (SSSR count). The smallest absolute Gasteiger partial charge is 0.281 e. The van der Waals surface area contributed by atoms with Crippen molar-refractivity contribution in [3.05, 3.63) is 82.2 Å². The highest BCUT2D eigenvalue weighted by molar-refractivity contribution is 9.10. The summed E-state index contributed by atoms with van der Waals surface area (Å²) in [6.07, 6.45) is 3.23. The van der Waals surface area contributed by atoms with Gasteiger partial charge in [-0.15, -0.1) is 10.2 Å². The molecule has 10 heteroatoms. The zero-order valence-corrected chi connectivity index (χ0v) is 19.6. The highest BCUT2D eigenvalue weighted by atomic mass is 79.9. The molecule has 0 aliphatic carbocycles. The summed E-state index contributed by atoms with van der Waals surface area (Å²) in [5, 5.41) is 8.30. The van der Waals surface area contributed by atoms with E-state index >= 15 is 0 Å². The van der Waals surface area contributed by atoms with Gasteiger partial charge in [-0.25, -0.2) is 0 Å². The number of aromatic nitrogens is 3. The minimum Gasteiger partial charge on any atom is -0.352 e. The van der Waals surface area contributed by atoms with E-state index in [0.29, 0.717) is 43.3 Å². The molecule has 0 spiro atoms. The normalized spacial score (nSPS) is 13.7. The Labute approximate surface area is 198 Å². The molecule has 2 amide bonds. The summed E-state index contributed by atoms with van der Waals surface area (Å²) in [4.78, 5) is 32.9. The maximum atomic E-state index is 12.7. The van der Waals surface area contributed by atoms with Crippen molar-refractivity contribution >= 4 is 45.5 Å². The lowest BCUT2D eigenvalue weighted by atomic mass is 10.2. The number of nitrogens with one attached hydrogen (secondary N) is 1. The second kappa shape index (κ2) is 10.6. The van der Waals surface area contributed by atoms with E-state index in [2.05, 4.69) is 40.7 Å². The number of amides is 2. The first kappa shape index (κ1) is 22.2. The summed E-state index contributed by atoms with van der Waals surface area (Å²) < 4.78 is 3.57. The van der Waals surface area contributed by atoms with Crippen LogP contribution in [0.15, 0.2) is 65.4 Å². The van der Waals surface area contributed by atoms with Gasteiger partial charge in [0.15, 0.2) is 11.5 Å². The molecule has 3 aromatic rings. The average Bonchev–Trinajstić information content (AvgIpc) is 2.84. The fourth-order valence-corrected chi connectivity index (χ4v) is 4.31. The van der Waals surface area contributed by atoms with Crippen molar-refractivity contribution in [1.29, 1.82) is 0 Å². The van der Waals surface area contributed by atoms with E-state index in [0.717, 1.165) is 10.0 Å². The molecule has 32 heavy (non-hydrogen) atoms. The van der Waals surface area contributed by atoms with Crippen LogP contribution in [0.1, 0.15) is 26.4 Å². The molecule has 0 radical (unpaired) electrons. The first-order chi connectivity index (χ1) is 15.6. The molecule has 1 N–H and O–H groups in total. The van der Waals surface area contributed by atoms with Gasteiger partial charge in [-0.2, -0.15) is 0 Å². The van der Waals surface area contributed by atoms with E-state index in [-0.39, 0.29) is 17.5 Å². The lowest BCUT2D eigenvalue weighted by Gasteiger charge is -2.35. The number of carbonyl (C=O) groups is 2. The van der Waals surface area contributed by atoms with Crippen LogP contribution in [-0.4, -0.2) is 58.1 Å². The SMILES string of the molecule is O=C(NSCc1ccccc1)c1ccc(N2CCN(C(=O)c3cncc(Br)c3)CC2)nn1. The maximum Gasteiger partial charge on any atom is 0.281 e. The molecule has 8 nitrogen and oxygen atoms in total. The number of carbonyl (C=O) groups excluding carboxylic acids is 2. The number of rotatable bonds is 6. The molecule has 0 bridgehead atoms. The fourth-order valence-electron chi connectivity index (χ4n) is 3.28. The number of halogens is 1. The topological polar surface area (TPSA) is 91.3 Å². The number of hydrogen-bond acceptors (Lipinski definition) is 7. The largest absolute Gasteiger partial charge is 0.352 e. The van der Waals surface area contributed by atoms with Crippen LogP contribution in [0.25, 0.3) is 0 Å². The Bertz CT molecular complexity index is 1080. The lowest BCUT2D eigenvalue weighted by Crippen LogP contribution is -2.49. The summed E-state index contributed by atoms with van der Waals surface area (Å²) in [5.41, 5.74) is 1.96. The van der Waals surface area contributed by atoms with Gasteiger partial charge in [0.2, 0.25) is 0 Å². The Kier molecular flexibility index (Phi) is 7.33. The number of anilines is 1. The number of pyridine rings is 1. The minimum absolute atomic E-state index is 0.0374. The van der Waals surface area contributed by atoms with Gasteiger partial charge in [0.25, 0.3) is 11.8 Å². The molecule has 1 aromatic carbocycles. The van der Waals surface area contributed by atoms with Crippen LogP contribution in [0.4, 0.5) is 5.82 Å². The van der Waals surface area contributed by atoms with Gasteiger partial charge in [-0.1, -0.05) is 30.3 Å². The molecule has 1 aliphatic heterocycles. The first-order valence-corrected chi connectivity index (χ1v) is 11.8. The van der Waals surface area contributed by atoms with Crippen molar-refractivity contribution in [2.75, 3.05) is 31.1 Å². The third-order valence-corrected chi connectivity index (χ3v) is 6.21. The first-order valence-electron chi connectivity index (χ1n) is 10.0. The minimum atomic E-state index is -0.275. The molecular formula is C22H21BrN6O2S. The summed E-state index contributed by atoms with van der Waals surface area (Å²) in [7, 11) is 0. The highest BCUT2D eigenvalue weighted by Crippen LogP contribution is 2.17. The predicted octanol–water partition coefficient (Wildman–Crippen LogP) is 3.17. The van der Waals surface area contributed by atoms with Crippen molar-refractivity contribution in [3.63, 3.8) is 0 Å². The molecule has 0 atom stereocenters. The third kappa shape index (κ3) is 5.63. The molecule has 0 unspecified atom stereocenters. The standard InChI is InChI=1S/C22H21BrN6O2S/c23-18-12-17(13-24-14-18)22(31)29-10-8-28(9-11-29)20-7-6-19(25-26-20)21(30)27-32-15-16-4-2-1-3-5-16/h1-7,12-14H,8-11,15H2,(H,27,30). The summed E-state index contributed by atoms with van der Waals surface area (Å²) in [5.74, 6) is 1.05. The zero-order valence-electron chi connectivity index (χ0n) is 17.1. The second-order valence-corrected chi connectivity index (χ2v) is 8.85. The van der Waals surface area contributed by atoms with Gasteiger partial charge in [-0.05, 0) is 51.6 Å². The van der Waals surface area contributed by atoms with E-state index in [4.69, 9.17) is 0 Å². The number of benzene rings is 1. The Balaban J connectivity index is 1.27. The van der Waals surface area contributed by atoms with Crippen molar-refractivity contribution < 1.29 is 9.59 Å². The molecule has 3 heterocycles. The second-order valence-electron chi connectivity index (χ2n) is 7.15. The van der Waals surface area contributed by atoms with E-state index in [1.807, 2.05) is 30.3 Å². The number of piperazine rings is 1. The van der Waals surface area contributed by atoms with Gasteiger partial charge < -0.3 is 9.80 Å². The Hall–Kier alpha value is -2.98. The van der Waals surface area contributed by atoms with Crippen LogP contribution in [-0.2, 0) is 5.75 Å². The van der Waals surface area contributed by atoms with Crippen molar-refractivity contribution in [2.45, 2.75) is 5.75 Å². The molecular weight excluding hydrogens is 492 g/mol. The summed E-state index contributed by atoms with van der Waals surface area (Å²) >= 11 is 4.67. The Morgan fingerprint density at radius 1 is 1.00 bits per heavy atom. The van der Waals surface area contributed by atoms with Crippen LogP contribution < -0.4 is 9.62 Å². The van der Waals surface area contributed by atoms with Gasteiger partial charge in [0.05, 0.1) is 5.56 Å². The monoisotopic (exact) mass is 512 g/mol. The molecule has 164 valence electrons. The van der Waals surface area contributed by atoms with Crippen LogP contribution in [0.5, 0.6) is 0 Å². The third-order valence-electron chi connectivity index (χ3n) is 4.97. The van der Waals surface area contributed by atoms with Crippen LogP contribution in [0.3, 0.4) is 0 Å². The average molecular weight is 513 g/mol. The van der Waals surface area contributed by atoms with Crippen molar-refractivity contribution in [2.24, 2.45) is 0 Å². The molecule has 1 aliphatic rings. The van der Waals surface area contributed by atoms with Crippen LogP contribution >= 0.6 is 27.9 Å². The van der Waals surface area contributed by atoms with E-state index in [9.17, 15) is 9.59 Å². The quantitative estimate of drug-likeness (QED) is 0.507. The molecule has 1 fully saturated rings. The summed E-state index contributed by atoms with van der Waals surface area (Å²) in [6.45, 7) is 2.43. The van der Waals surface area contributed by atoms with Gasteiger partial charge in [0, 0.05) is 48.8 Å². The van der Waals surface area contributed by atoms with Crippen molar-refractivity contribution in [3.8, 4) is 0 Å². The number of nitrogens with zero attached hydrogens (tertiary/aromatic N) is 5. The zero-order chi connectivity index (χ0) is 22.3. The maximum absolute atomic E-state index is 12.7. The van der Waals surface area contributed by atoms with E-state index in [1.54, 1.807) is 35.5 Å². The summed E-state index contributed by atoms with van der Waals surface area (Å²) in [6, 6.07) is 15.2. The molecule has 2 aromatic heterocycles. The predicted molar refractivity (Wildman–Crippen MR) is 127 cm³/mol. The number of hydrogen-bond donors (Lipinski definition) is 1. The van der Waals surface area contributed by atoms with E-state index < -0.39 is 0 Å². The van der Waals surface area contributed by atoms with Gasteiger partial charge >= 0.3 is 0 Å². The lowest BCUT2D eigenvalue weighted by molar-refractivity contribution is 0.0745. The Morgan fingerprint density at radius 2 is 1.78 bits per heavy atom. The van der Waals surface area contributed by atoms with Gasteiger partial charge in [0.1, 0.15) is 0 Å².